The Hall–Kier alpha value is -1.96. The van der Waals surface area contributed by atoms with Crippen LogP contribution in [0.1, 0.15) is 142 Å². The smallest absolute Gasteiger partial charge is 0.267 e. The van der Waals surface area contributed by atoms with Gasteiger partial charge in [0.2, 0.25) is 5.91 Å². The summed E-state index contributed by atoms with van der Waals surface area (Å²) in [5.74, 6) is -1.04. The predicted octanol–water partition coefficient (Wildman–Crippen LogP) is 9.34. The lowest BCUT2D eigenvalue weighted by Gasteiger charge is -2.21. The first-order valence-electron chi connectivity index (χ1n) is 17.0. The Kier molecular flexibility index (Phi) is 28.7. The van der Waals surface area contributed by atoms with Gasteiger partial charge in [-0.05, 0) is 70.6 Å². The summed E-state index contributed by atoms with van der Waals surface area (Å²) in [6.07, 6.45) is 40.5. The molecule has 2 atom stereocenters. The first-order chi connectivity index (χ1) is 20.8. The van der Waals surface area contributed by atoms with E-state index in [1.54, 1.807) is 6.08 Å². The molecule has 7 heteroatoms. The standard InChI is InChI=1S/C36H63NO5S/c1-3-5-7-9-11-13-15-17-18-20-21-23-25-27-29-31-35(38)34(33-43(40,41)42)37-36(39)32-30-28-26-24-22-19-16-14-12-10-8-6-4-2/h8,10,14-17,21,23,29,31,34-35,38H,3-7,9,11-13,18-20,22,24-28,30,32-33H2,1-2H3,(H,37,39)(H,40,41,42)/b10-8-,16-14-,17-15+,23-21+,31-29+. The lowest BCUT2D eigenvalue weighted by atomic mass is 10.1. The third-order valence-electron chi connectivity index (χ3n) is 7.13. The van der Waals surface area contributed by atoms with Crippen LogP contribution in [0.25, 0.3) is 0 Å². The molecule has 43 heavy (non-hydrogen) atoms. The lowest BCUT2D eigenvalue weighted by molar-refractivity contribution is -0.122. The first-order valence-corrected chi connectivity index (χ1v) is 18.6. The quantitative estimate of drug-likeness (QED) is 0.0439. The second-order valence-electron chi connectivity index (χ2n) is 11.4. The maximum atomic E-state index is 12.4. The summed E-state index contributed by atoms with van der Waals surface area (Å²) in [6, 6.07) is -1.09. The largest absolute Gasteiger partial charge is 0.387 e. The van der Waals surface area contributed by atoms with Crippen molar-refractivity contribution in [3.63, 3.8) is 0 Å². The van der Waals surface area contributed by atoms with Gasteiger partial charge in [0.1, 0.15) is 0 Å². The third kappa shape index (κ3) is 31.3. The molecule has 0 bridgehead atoms. The SMILES string of the molecule is CCC/C=C\C/C=C\CCCCCCCC(=O)NC(CS(=O)(=O)O)C(O)/C=C/CC/C=C/CC/C=C/CCCCCCC. The highest BCUT2D eigenvalue weighted by Crippen LogP contribution is 2.10. The van der Waals surface area contributed by atoms with Crippen molar-refractivity contribution in [2.45, 2.75) is 154 Å². The summed E-state index contributed by atoms with van der Waals surface area (Å²) in [5, 5.41) is 13.1. The number of allylic oxidation sites excluding steroid dienone is 9. The van der Waals surface area contributed by atoms with Crippen LogP contribution in [-0.2, 0) is 14.9 Å². The van der Waals surface area contributed by atoms with Gasteiger partial charge in [0.15, 0.2) is 0 Å². The summed E-state index contributed by atoms with van der Waals surface area (Å²) >= 11 is 0. The number of nitrogens with one attached hydrogen (secondary N) is 1. The topological polar surface area (TPSA) is 104 Å². The van der Waals surface area contributed by atoms with Crippen LogP contribution in [0.2, 0.25) is 0 Å². The molecule has 3 N–H and O–H groups in total. The molecule has 6 nitrogen and oxygen atoms in total. The molecule has 0 aromatic carbocycles. The minimum atomic E-state index is -4.36. The highest BCUT2D eigenvalue weighted by molar-refractivity contribution is 7.85. The highest BCUT2D eigenvalue weighted by Gasteiger charge is 2.24. The van der Waals surface area contributed by atoms with E-state index in [0.717, 1.165) is 70.6 Å². The van der Waals surface area contributed by atoms with E-state index < -0.39 is 28.0 Å². The van der Waals surface area contributed by atoms with Crippen molar-refractivity contribution in [2.24, 2.45) is 0 Å². The van der Waals surface area contributed by atoms with Crippen LogP contribution in [-0.4, -0.2) is 41.9 Å². The first kappa shape index (κ1) is 41.0. The number of aliphatic hydroxyl groups excluding tert-OH is 1. The number of aliphatic hydroxyl groups is 1. The molecule has 0 saturated heterocycles. The van der Waals surface area contributed by atoms with Crippen LogP contribution >= 0.6 is 0 Å². The van der Waals surface area contributed by atoms with Gasteiger partial charge in [-0.25, -0.2) is 0 Å². The molecule has 0 aliphatic rings. The van der Waals surface area contributed by atoms with E-state index in [4.69, 9.17) is 0 Å². The Morgan fingerprint density at radius 3 is 1.70 bits per heavy atom. The number of unbranched alkanes of at least 4 members (excludes halogenated alkanes) is 13. The van der Waals surface area contributed by atoms with Crippen LogP contribution < -0.4 is 5.32 Å². The van der Waals surface area contributed by atoms with E-state index in [2.05, 4.69) is 67.8 Å². The minimum Gasteiger partial charge on any atom is -0.387 e. The van der Waals surface area contributed by atoms with Crippen LogP contribution in [0, 0.1) is 0 Å². The molecule has 0 fully saturated rings. The number of hydrogen-bond acceptors (Lipinski definition) is 4. The monoisotopic (exact) mass is 621 g/mol. The van der Waals surface area contributed by atoms with Gasteiger partial charge in [-0.15, -0.1) is 0 Å². The normalized spacial score (nSPS) is 14.2. The molecule has 0 aliphatic carbocycles. The Bertz CT molecular complexity index is 905. The second-order valence-corrected chi connectivity index (χ2v) is 12.9. The predicted molar refractivity (Wildman–Crippen MR) is 184 cm³/mol. The average molecular weight is 622 g/mol. The average Bonchev–Trinajstić information content (AvgIpc) is 2.96. The maximum absolute atomic E-state index is 12.4. The zero-order chi connectivity index (χ0) is 31.9. The molecule has 0 heterocycles. The van der Waals surface area contributed by atoms with Crippen molar-refractivity contribution in [2.75, 3.05) is 5.75 Å². The van der Waals surface area contributed by atoms with Crippen molar-refractivity contribution >= 4 is 16.0 Å². The second kappa shape index (κ2) is 30.1. The summed E-state index contributed by atoms with van der Waals surface area (Å²) in [7, 11) is -4.36. The molecule has 0 rings (SSSR count). The van der Waals surface area contributed by atoms with E-state index in [-0.39, 0.29) is 12.3 Å². The Labute approximate surface area is 264 Å². The van der Waals surface area contributed by atoms with Gasteiger partial charge in [-0.2, -0.15) is 8.42 Å². The summed E-state index contributed by atoms with van der Waals surface area (Å²) in [5.41, 5.74) is 0. The van der Waals surface area contributed by atoms with Gasteiger partial charge in [0.05, 0.1) is 17.9 Å². The zero-order valence-electron chi connectivity index (χ0n) is 27.3. The molecule has 0 aromatic heterocycles. The van der Waals surface area contributed by atoms with Gasteiger partial charge in [-0.1, -0.05) is 126 Å². The van der Waals surface area contributed by atoms with Crippen molar-refractivity contribution in [1.29, 1.82) is 0 Å². The van der Waals surface area contributed by atoms with Crippen LogP contribution in [0.15, 0.2) is 60.8 Å². The van der Waals surface area contributed by atoms with E-state index in [1.165, 1.54) is 44.6 Å². The Morgan fingerprint density at radius 1 is 0.628 bits per heavy atom. The van der Waals surface area contributed by atoms with E-state index in [9.17, 15) is 22.9 Å². The Balaban J connectivity index is 4.17. The molecule has 0 radical (unpaired) electrons. The van der Waals surface area contributed by atoms with Gasteiger partial charge < -0.3 is 10.4 Å². The molecule has 2 unspecified atom stereocenters. The molecule has 0 aromatic rings. The molecule has 0 saturated carbocycles. The van der Waals surface area contributed by atoms with E-state index in [0.29, 0.717) is 12.8 Å². The fraction of sp³-hybridized carbons (Fsp3) is 0.694. The van der Waals surface area contributed by atoms with Crippen LogP contribution in [0.3, 0.4) is 0 Å². The van der Waals surface area contributed by atoms with Gasteiger partial charge in [0.25, 0.3) is 10.1 Å². The zero-order valence-corrected chi connectivity index (χ0v) is 28.1. The highest BCUT2D eigenvalue weighted by atomic mass is 32.2. The van der Waals surface area contributed by atoms with Crippen molar-refractivity contribution < 1.29 is 22.9 Å². The van der Waals surface area contributed by atoms with Crippen molar-refractivity contribution in [1.82, 2.24) is 5.32 Å². The van der Waals surface area contributed by atoms with Gasteiger partial charge in [0, 0.05) is 6.42 Å². The number of hydrogen-bond donors (Lipinski definition) is 3. The number of carbonyl (C=O) groups is 1. The third-order valence-corrected chi connectivity index (χ3v) is 7.91. The molecule has 248 valence electrons. The summed E-state index contributed by atoms with van der Waals surface area (Å²) in [6.45, 7) is 4.41. The summed E-state index contributed by atoms with van der Waals surface area (Å²) in [4.78, 5) is 12.4. The summed E-state index contributed by atoms with van der Waals surface area (Å²) < 4.78 is 32.3. The van der Waals surface area contributed by atoms with Gasteiger partial charge >= 0.3 is 0 Å². The lowest BCUT2D eigenvalue weighted by Crippen LogP contribution is -2.46. The molecular formula is C36H63NO5S. The van der Waals surface area contributed by atoms with E-state index in [1.807, 2.05) is 0 Å². The molecule has 1 amide bonds. The van der Waals surface area contributed by atoms with Crippen molar-refractivity contribution in [3.8, 4) is 0 Å². The number of rotatable bonds is 29. The van der Waals surface area contributed by atoms with E-state index >= 15 is 0 Å². The fourth-order valence-corrected chi connectivity index (χ4v) is 5.31. The fourth-order valence-electron chi connectivity index (χ4n) is 4.57. The molecule has 0 aliphatic heterocycles. The van der Waals surface area contributed by atoms with Crippen LogP contribution in [0.4, 0.5) is 0 Å². The molecular weight excluding hydrogens is 558 g/mol. The number of carbonyl (C=O) groups excluding carboxylic acids is 1. The molecule has 0 spiro atoms. The van der Waals surface area contributed by atoms with Crippen LogP contribution in [0.5, 0.6) is 0 Å². The maximum Gasteiger partial charge on any atom is 0.267 e. The number of amides is 1. The Morgan fingerprint density at radius 2 is 1.12 bits per heavy atom. The van der Waals surface area contributed by atoms with Gasteiger partial charge in [-0.3, -0.25) is 9.35 Å². The van der Waals surface area contributed by atoms with Crippen molar-refractivity contribution in [3.05, 3.63) is 60.8 Å². The minimum absolute atomic E-state index is 0.265.